The van der Waals surface area contributed by atoms with Crippen LogP contribution in [0, 0.1) is 17.1 Å². The van der Waals surface area contributed by atoms with Gasteiger partial charge in [0.15, 0.2) is 0 Å². The highest BCUT2D eigenvalue weighted by Crippen LogP contribution is 2.44. The van der Waals surface area contributed by atoms with Crippen molar-refractivity contribution in [2.24, 2.45) is 0 Å². The van der Waals surface area contributed by atoms with E-state index in [1.165, 1.54) is 6.07 Å². The number of rotatable bonds is 1. The van der Waals surface area contributed by atoms with E-state index in [1.54, 1.807) is 18.3 Å². The molecule has 0 spiro atoms. The maximum absolute atomic E-state index is 13.5. The van der Waals surface area contributed by atoms with Gasteiger partial charge in [-0.15, -0.1) is 0 Å². The van der Waals surface area contributed by atoms with E-state index in [-0.39, 0.29) is 11.7 Å². The second-order valence-electron chi connectivity index (χ2n) is 4.95. The predicted molar refractivity (Wildman–Crippen MR) is 87.1 cm³/mol. The average Bonchev–Trinajstić information content (AvgIpc) is 2.49. The number of nitriles is 1. The molecule has 22 heavy (non-hydrogen) atoms. The summed E-state index contributed by atoms with van der Waals surface area (Å²) in [5, 5.41) is 13.0. The van der Waals surface area contributed by atoms with Crippen molar-refractivity contribution in [3.8, 4) is 6.07 Å². The number of nitrogens with one attached hydrogen (secondary N) is 1. The summed E-state index contributed by atoms with van der Waals surface area (Å²) < 4.78 is 13.9. The van der Waals surface area contributed by atoms with E-state index >= 15 is 0 Å². The summed E-state index contributed by atoms with van der Waals surface area (Å²) in [6.45, 7) is 1.83. The molecule has 0 fully saturated rings. The van der Waals surface area contributed by atoms with E-state index in [0.717, 1.165) is 22.5 Å². The number of fused-ring (bicyclic) bond motifs is 1. The smallest absolute Gasteiger partial charge is 0.137 e. The van der Waals surface area contributed by atoms with E-state index < -0.39 is 0 Å². The lowest BCUT2D eigenvalue weighted by atomic mass is 9.82. The van der Waals surface area contributed by atoms with Gasteiger partial charge < -0.3 is 5.32 Å². The number of pyridine rings is 1. The van der Waals surface area contributed by atoms with E-state index in [2.05, 4.69) is 32.3 Å². The Morgan fingerprint density at radius 1 is 1.41 bits per heavy atom. The van der Waals surface area contributed by atoms with Crippen LogP contribution in [0.3, 0.4) is 0 Å². The molecule has 1 N–H and O–H groups in total. The molecule has 0 amide bonds. The number of hydrogen-bond donors (Lipinski definition) is 1. The van der Waals surface area contributed by atoms with E-state index in [4.69, 9.17) is 11.6 Å². The Labute approximate surface area is 140 Å². The molecular formula is C16H10BrClFN3. The van der Waals surface area contributed by atoms with Gasteiger partial charge >= 0.3 is 0 Å². The quantitative estimate of drug-likeness (QED) is 0.711. The van der Waals surface area contributed by atoms with Crippen molar-refractivity contribution in [2.45, 2.75) is 12.8 Å². The Morgan fingerprint density at radius 2 is 2.18 bits per heavy atom. The van der Waals surface area contributed by atoms with Crippen LogP contribution in [-0.2, 0) is 0 Å². The summed E-state index contributed by atoms with van der Waals surface area (Å²) in [6, 6.07) is 8.74. The summed E-state index contributed by atoms with van der Waals surface area (Å²) >= 11 is 9.45. The Kier molecular flexibility index (Phi) is 3.90. The third-order valence-electron chi connectivity index (χ3n) is 3.64. The molecule has 0 bridgehead atoms. The van der Waals surface area contributed by atoms with Crippen LogP contribution in [0.4, 0.5) is 10.1 Å². The van der Waals surface area contributed by atoms with Crippen molar-refractivity contribution < 1.29 is 4.39 Å². The van der Waals surface area contributed by atoms with Crippen molar-refractivity contribution in [3.05, 3.63) is 68.3 Å². The van der Waals surface area contributed by atoms with Gasteiger partial charge in [-0.3, -0.25) is 0 Å². The van der Waals surface area contributed by atoms with Crippen LogP contribution in [0.2, 0.25) is 5.15 Å². The first-order valence-corrected chi connectivity index (χ1v) is 7.67. The number of benzene rings is 1. The molecule has 1 atom stereocenters. The number of aromatic nitrogens is 1. The molecule has 1 aliphatic heterocycles. The largest absolute Gasteiger partial charge is 0.358 e. The zero-order valence-electron chi connectivity index (χ0n) is 11.5. The maximum Gasteiger partial charge on any atom is 0.137 e. The van der Waals surface area contributed by atoms with Crippen molar-refractivity contribution >= 4 is 33.2 Å². The molecule has 1 aromatic carbocycles. The molecule has 110 valence electrons. The SMILES string of the molecule is CC1=C(C#N)C(c2ccc(F)c(Br)c2)c2c(ccnc2Cl)N1. The molecule has 6 heteroatoms. The predicted octanol–water partition coefficient (Wildman–Crippen LogP) is 4.99. The fourth-order valence-corrected chi connectivity index (χ4v) is 3.30. The highest BCUT2D eigenvalue weighted by atomic mass is 79.9. The van der Waals surface area contributed by atoms with Crippen molar-refractivity contribution in [1.29, 1.82) is 5.26 Å². The number of hydrogen-bond acceptors (Lipinski definition) is 3. The van der Waals surface area contributed by atoms with E-state index in [9.17, 15) is 9.65 Å². The highest BCUT2D eigenvalue weighted by molar-refractivity contribution is 9.10. The van der Waals surface area contributed by atoms with Gasteiger partial charge in [0.25, 0.3) is 0 Å². The minimum atomic E-state index is -0.376. The second kappa shape index (κ2) is 5.71. The Bertz CT molecular complexity index is 842. The van der Waals surface area contributed by atoms with Crippen LogP contribution in [0.15, 0.2) is 46.2 Å². The summed E-state index contributed by atoms with van der Waals surface area (Å²) in [5.74, 6) is -0.728. The van der Waals surface area contributed by atoms with Gasteiger partial charge in [-0.05, 0) is 46.6 Å². The fraction of sp³-hybridized carbons (Fsp3) is 0.125. The average molecular weight is 379 g/mol. The topological polar surface area (TPSA) is 48.7 Å². The summed E-state index contributed by atoms with van der Waals surface area (Å²) in [7, 11) is 0. The van der Waals surface area contributed by atoms with Crippen molar-refractivity contribution in [2.75, 3.05) is 5.32 Å². The van der Waals surface area contributed by atoms with Gasteiger partial charge in [0.1, 0.15) is 11.0 Å². The van der Waals surface area contributed by atoms with Gasteiger partial charge in [0, 0.05) is 23.1 Å². The molecule has 1 unspecified atom stereocenters. The monoisotopic (exact) mass is 377 g/mol. The molecular weight excluding hydrogens is 369 g/mol. The molecule has 0 saturated heterocycles. The molecule has 1 aliphatic rings. The van der Waals surface area contributed by atoms with E-state index in [1.807, 2.05) is 13.0 Å². The van der Waals surface area contributed by atoms with Crippen LogP contribution < -0.4 is 5.32 Å². The van der Waals surface area contributed by atoms with Gasteiger partial charge in [0.2, 0.25) is 0 Å². The molecule has 0 saturated carbocycles. The zero-order valence-corrected chi connectivity index (χ0v) is 13.8. The van der Waals surface area contributed by atoms with Gasteiger partial charge in [0.05, 0.1) is 22.0 Å². The Hall–Kier alpha value is -1.90. The standard InChI is InChI=1S/C16H10BrClFN3/c1-8-10(7-20)14(9-2-3-12(19)11(17)6-9)15-13(22-8)4-5-21-16(15)18/h2-6,14,22H,1H3. The maximum atomic E-state index is 13.5. The van der Waals surface area contributed by atoms with Gasteiger partial charge in [-0.2, -0.15) is 5.26 Å². The number of allylic oxidation sites excluding steroid dienone is 2. The molecule has 0 aliphatic carbocycles. The number of halogens is 3. The molecule has 2 aromatic rings. The number of anilines is 1. The van der Waals surface area contributed by atoms with Crippen molar-refractivity contribution in [3.63, 3.8) is 0 Å². The first kappa shape index (κ1) is 15.0. The lowest BCUT2D eigenvalue weighted by Crippen LogP contribution is -2.18. The van der Waals surface area contributed by atoms with Crippen molar-refractivity contribution in [1.82, 2.24) is 4.98 Å². The minimum absolute atomic E-state index is 0.329. The summed E-state index contributed by atoms with van der Waals surface area (Å²) in [6.07, 6.45) is 1.61. The van der Waals surface area contributed by atoms with Gasteiger partial charge in [-0.1, -0.05) is 17.7 Å². The zero-order chi connectivity index (χ0) is 15.9. The van der Waals surface area contributed by atoms with E-state index in [0.29, 0.717) is 15.2 Å². The first-order chi connectivity index (χ1) is 10.5. The third-order valence-corrected chi connectivity index (χ3v) is 4.55. The summed E-state index contributed by atoms with van der Waals surface area (Å²) in [4.78, 5) is 4.11. The van der Waals surface area contributed by atoms with Crippen LogP contribution in [0.5, 0.6) is 0 Å². The van der Waals surface area contributed by atoms with Crippen LogP contribution in [0.25, 0.3) is 0 Å². The second-order valence-corrected chi connectivity index (χ2v) is 6.16. The third kappa shape index (κ3) is 2.39. The highest BCUT2D eigenvalue weighted by Gasteiger charge is 2.31. The normalized spacial score (nSPS) is 16.8. The van der Waals surface area contributed by atoms with Crippen LogP contribution in [0.1, 0.15) is 24.0 Å². The molecule has 3 nitrogen and oxygen atoms in total. The molecule has 0 radical (unpaired) electrons. The molecule has 3 rings (SSSR count). The Morgan fingerprint density at radius 3 is 2.86 bits per heavy atom. The number of nitrogens with zero attached hydrogens (tertiary/aromatic N) is 2. The summed E-state index contributed by atoms with van der Waals surface area (Å²) in [5.41, 5.74) is 3.61. The lowest BCUT2D eigenvalue weighted by molar-refractivity contribution is 0.620. The fourth-order valence-electron chi connectivity index (χ4n) is 2.64. The molecule has 1 aromatic heterocycles. The lowest BCUT2D eigenvalue weighted by Gasteiger charge is -2.28. The Balaban J connectivity index is 2.28. The first-order valence-electron chi connectivity index (χ1n) is 6.50. The molecule has 2 heterocycles. The minimum Gasteiger partial charge on any atom is -0.358 e. The van der Waals surface area contributed by atoms with Crippen LogP contribution >= 0.6 is 27.5 Å². The van der Waals surface area contributed by atoms with Gasteiger partial charge in [-0.25, -0.2) is 9.37 Å². The van der Waals surface area contributed by atoms with Crippen LogP contribution in [-0.4, -0.2) is 4.98 Å².